The Labute approximate surface area is 114 Å². The molecule has 9 nitrogen and oxygen atoms in total. The van der Waals surface area contributed by atoms with Gasteiger partial charge in [0, 0.05) is 13.0 Å². The Hall–Kier alpha value is -2.26. The number of aliphatic hydroxyl groups is 1. The van der Waals surface area contributed by atoms with Crippen LogP contribution in [0.4, 0.5) is 17.5 Å². The summed E-state index contributed by atoms with van der Waals surface area (Å²) in [5, 5.41) is 15.1. The van der Waals surface area contributed by atoms with E-state index in [2.05, 4.69) is 25.6 Å². The fourth-order valence-corrected chi connectivity index (χ4v) is 1.75. The molecule has 0 aromatic carbocycles. The van der Waals surface area contributed by atoms with Crippen molar-refractivity contribution in [3.8, 4) is 0 Å². The number of amides is 1. The first-order valence-corrected chi connectivity index (χ1v) is 6.05. The van der Waals surface area contributed by atoms with Crippen molar-refractivity contribution in [3.63, 3.8) is 0 Å². The topological polar surface area (TPSA) is 145 Å². The smallest absolute Gasteiger partial charge is 0.280 e. The number of aromatic amines is 1. The number of carbonyl (C=O) groups is 1. The van der Waals surface area contributed by atoms with Gasteiger partial charge in [-0.3, -0.25) is 19.9 Å². The van der Waals surface area contributed by atoms with Gasteiger partial charge in [-0.05, 0) is 6.92 Å². The van der Waals surface area contributed by atoms with Crippen LogP contribution in [-0.2, 0) is 4.79 Å². The second-order valence-corrected chi connectivity index (χ2v) is 4.55. The predicted octanol–water partition coefficient (Wildman–Crippen LogP) is -1.07. The van der Waals surface area contributed by atoms with Gasteiger partial charge in [-0.2, -0.15) is 4.98 Å². The van der Waals surface area contributed by atoms with E-state index in [4.69, 9.17) is 5.73 Å². The summed E-state index contributed by atoms with van der Waals surface area (Å²) in [5.74, 6) is -0.0567. The Morgan fingerprint density at radius 3 is 2.85 bits per heavy atom. The van der Waals surface area contributed by atoms with Crippen LogP contribution in [0, 0.1) is 0 Å². The number of rotatable bonds is 3. The number of nitrogens with two attached hydrogens (primary N) is 1. The number of H-pyrrole nitrogens is 1. The van der Waals surface area contributed by atoms with Gasteiger partial charge in [0.05, 0.1) is 12.3 Å². The molecule has 0 saturated heterocycles. The maximum atomic E-state index is 11.9. The van der Waals surface area contributed by atoms with Crippen molar-refractivity contribution in [2.75, 3.05) is 17.2 Å². The van der Waals surface area contributed by atoms with Crippen LogP contribution in [0.2, 0.25) is 0 Å². The molecule has 0 spiro atoms. The highest BCUT2D eigenvalue weighted by molar-refractivity contribution is 5.98. The number of aliphatic hydroxyl groups excluding tert-OH is 1. The molecule has 1 aliphatic rings. The molecule has 1 aliphatic heterocycles. The molecule has 108 valence electrons. The van der Waals surface area contributed by atoms with E-state index in [0.717, 1.165) is 0 Å². The van der Waals surface area contributed by atoms with Crippen LogP contribution in [-0.4, -0.2) is 45.4 Å². The summed E-state index contributed by atoms with van der Waals surface area (Å²) in [6.07, 6.45) is -0.940. The molecule has 6 N–H and O–H groups in total. The van der Waals surface area contributed by atoms with E-state index in [9.17, 15) is 14.7 Å². The first-order valence-electron chi connectivity index (χ1n) is 6.05. The predicted molar refractivity (Wildman–Crippen MR) is 74.4 cm³/mol. The second-order valence-electron chi connectivity index (χ2n) is 4.55. The largest absolute Gasteiger partial charge is 0.385 e. The first-order chi connectivity index (χ1) is 9.38. The fraction of sp³-hybridized carbons (Fsp3) is 0.455. The number of carbonyl (C=O) groups excluding carboxylic acids is 1. The van der Waals surface area contributed by atoms with Crippen molar-refractivity contribution in [3.05, 3.63) is 10.4 Å². The summed E-state index contributed by atoms with van der Waals surface area (Å²) in [4.78, 5) is 33.4. The highest BCUT2D eigenvalue weighted by Crippen LogP contribution is 2.23. The minimum Gasteiger partial charge on any atom is -0.385 e. The molecule has 0 radical (unpaired) electrons. The Bertz CT molecular complexity index is 621. The molecule has 0 fully saturated rings. The van der Waals surface area contributed by atoms with Crippen LogP contribution >= 0.6 is 0 Å². The summed E-state index contributed by atoms with van der Waals surface area (Å²) in [7, 11) is 0. The van der Waals surface area contributed by atoms with Gasteiger partial charge < -0.3 is 16.2 Å². The average molecular weight is 280 g/mol. The number of fused-ring (bicyclic) bond motifs is 1. The fourth-order valence-electron chi connectivity index (χ4n) is 1.75. The molecular weight excluding hydrogens is 264 g/mol. The van der Waals surface area contributed by atoms with Gasteiger partial charge in [0.1, 0.15) is 6.10 Å². The molecule has 20 heavy (non-hydrogen) atoms. The summed E-state index contributed by atoms with van der Waals surface area (Å²) in [6.45, 7) is 3.18. The van der Waals surface area contributed by atoms with E-state index < -0.39 is 17.7 Å². The Balaban J connectivity index is 2.39. The van der Waals surface area contributed by atoms with Crippen LogP contribution in [0.3, 0.4) is 0 Å². The van der Waals surface area contributed by atoms with Gasteiger partial charge in [0.2, 0.25) is 11.9 Å². The lowest BCUT2D eigenvalue weighted by atomic mass is 10.1. The third-order valence-corrected chi connectivity index (χ3v) is 2.72. The summed E-state index contributed by atoms with van der Waals surface area (Å²) in [6, 6.07) is -0.497. The van der Waals surface area contributed by atoms with Crippen LogP contribution in [0.25, 0.3) is 0 Å². The molecule has 0 aliphatic carbocycles. The summed E-state index contributed by atoms with van der Waals surface area (Å²) < 4.78 is 0. The van der Waals surface area contributed by atoms with Crippen molar-refractivity contribution >= 4 is 29.1 Å². The molecule has 9 heteroatoms. The van der Waals surface area contributed by atoms with Gasteiger partial charge in [-0.25, -0.2) is 4.99 Å². The standard InChI is InChI=1S/C11H16N6O3/c1-4(12)8(19)6-3-13-9-7(15-6)10(20)17-11(16-9)14-5(2)18/h4,8,19H,3,12H2,1-2H3,(H3,13,14,16,17,18,20)/t4?,8-/m0/s1. The second kappa shape index (κ2) is 5.39. The molecule has 1 aromatic heterocycles. The van der Waals surface area contributed by atoms with E-state index in [1.807, 2.05) is 0 Å². The highest BCUT2D eigenvalue weighted by Gasteiger charge is 2.23. The van der Waals surface area contributed by atoms with E-state index in [1.165, 1.54) is 6.92 Å². The third-order valence-electron chi connectivity index (χ3n) is 2.72. The minimum atomic E-state index is -0.940. The Kier molecular flexibility index (Phi) is 3.81. The zero-order valence-electron chi connectivity index (χ0n) is 11.1. The van der Waals surface area contributed by atoms with Gasteiger partial charge in [0.25, 0.3) is 5.56 Å². The van der Waals surface area contributed by atoms with Crippen LogP contribution in [0.1, 0.15) is 13.8 Å². The zero-order valence-corrected chi connectivity index (χ0v) is 11.1. The molecule has 0 bridgehead atoms. The number of hydrogen-bond donors (Lipinski definition) is 5. The highest BCUT2D eigenvalue weighted by atomic mass is 16.3. The molecule has 1 amide bonds. The number of nitrogens with zero attached hydrogens (tertiary/aromatic N) is 2. The van der Waals surface area contributed by atoms with Crippen molar-refractivity contribution in [1.82, 2.24) is 9.97 Å². The molecular formula is C11H16N6O3. The Morgan fingerprint density at radius 2 is 2.25 bits per heavy atom. The number of nitrogens with one attached hydrogen (secondary N) is 3. The lowest BCUT2D eigenvalue weighted by Crippen LogP contribution is -2.42. The molecule has 2 heterocycles. The third kappa shape index (κ3) is 2.83. The number of aliphatic imine (C=N–C) groups is 1. The summed E-state index contributed by atoms with van der Waals surface area (Å²) in [5.41, 5.74) is 5.51. The quantitative estimate of drug-likeness (QED) is 0.477. The SMILES string of the molecule is CC(=O)Nc1nc2c(c(=O)[nH]1)N=C([C@@H](O)C(C)N)CN2. The summed E-state index contributed by atoms with van der Waals surface area (Å²) >= 11 is 0. The monoisotopic (exact) mass is 280 g/mol. The van der Waals surface area contributed by atoms with Crippen molar-refractivity contribution in [1.29, 1.82) is 0 Å². The van der Waals surface area contributed by atoms with Crippen LogP contribution in [0.5, 0.6) is 0 Å². The van der Waals surface area contributed by atoms with Crippen molar-refractivity contribution in [2.45, 2.75) is 26.0 Å². The van der Waals surface area contributed by atoms with E-state index in [-0.39, 0.29) is 29.9 Å². The molecule has 1 unspecified atom stereocenters. The minimum absolute atomic E-state index is 0.0418. The van der Waals surface area contributed by atoms with Crippen LogP contribution in [0.15, 0.2) is 9.79 Å². The van der Waals surface area contributed by atoms with Gasteiger partial charge >= 0.3 is 0 Å². The lowest BCUT2D eigenvalue weighted by Gasteiger charge is -2.22. The van der Waals surface area contributed by atoms with Crippen molar-refractivity contribution in [2.24, 2.45) is 10.7 Å². The molecule has 1 aromatic rings. The molecule has 2 atom stereocenters. The molecule has 2 rings (SSSR count). The van der Waals surface area contributed by atoms with Crippen LogP contribution < -0.4 is 21.9 Å². The number of anilines is 2. The van der Waals surface area contributed by atoms with Gasteiger partial charge in [-0.15, -0.1) is 0 Å². The van der Waals surface area contributed by atoms with E-state index >= 15 is 0 Å². The lowest BCUT2D eigenvalue weighted by molar-refractivity contribution is -0.114. The Morgan fingerprint density at radius 1 is 1.55 bits per heavy atom. The maximum Gasteiger partial charge on any atom is 0.280 e. The number of hydrogen-bond acceptors (Lipinski definition) is 7. The average Bonchev–Trinajstić information content (AvgIpc) is 2.36. The zero-order chi connectivity index (χ0) is 14.9. The normalized spacial score (nSPS) is 16.5. The first kappa shape index (κ1) is 14.2. The van der Waals surface area contributed by atoms with E-state index in [0.29, 0.717) is 5.71 Å². The maximum absolute atomic E-state index is 11.9. The van der Waals surface area contributed by atoms with Crippen molar-refractivity contribution < 1.29 is 9.90 Å². The van der Waals surface area contributed by atoms with Gasteiger partial charge in [0.15, 0.2) is 11.5 Å². The van der Waals surface area contributed by atoms with Gasteiger partial charge in [-0.1, -0.05) is 0 Å². The van der Waals surface area contributed by atoms with E-state index in [1.54, 1.807) is 6.92 Å². The number of aromatic nitrogens is 2. The molecule has 0 saturated carbocycles.